The van der Waals surface area contributed by atoms with Gasteiger partial charge >= 0.3 is 0 Å². The summed E-state index contributed by atoms with van der Waals surface area (Å²) in [6.07, 6.45) is 3.51. The van der Waals surface area contributed by atoms with Crippen LogP contribution < -0.4 is 16.2 Å². The van der Waals surface area contributed by atoms with E-state index in [9.17, 15) is 9.59 Å². The van der Waals surface area contributed by atoms with Gasteiger partial charge in [0.25, 0.3) is 5.91 Å². The van der Waals surface area contributed by atoms with Crippen LogP contribution in [0.25, 0.3) is 0 Å². The van der Waals surface area contributed by atoms with Gasteiger partial charge in [-0.1, -0.05) is 0 Å². The number of likely N-dealkylation sites (tertiary alicyclic amines) is 1. The van der Waals surface area contributed by atoms with E-state index in [4.69, 9.17) is 0 Å². The van der Waals surface area contributed by atoms with Gasteiger partial charge in [0.2, 0.25) is 5.91 Å². The Morgan fingerprint density at radius 1 is 1.22 bits per heavy atom. The third-order valence-electron chi connectivity index (χ3n) is 3.25. The van der Waals surface area contributed by atoms with Crippen LogP contribution in [-0.2, 0) is 9.59 Å². The van der Waals surface area contributed by atoms with Crippen LogP contribution in [0.4, 0.5) is 0 Å². The lowest BCUT2D eigenvalue weighted by Gasteiger charge is -2.31. The molecule has 0 atom stereocenters. The Kier molecular flexibility index (Phi) is 6.67. The number of piperidine rings is 1. The fraction of sp³-hybridized carbons (Fsp3) is 0.833. The normalized spacial score (nSPS) is 17.4. The van der Waals surface area contributed by atoms with Crippen molar-refractivity contribution in [3.8, 4) is 0 Å². The van der Waals surface area contributed by atoms with Crippen molar-refractivity contribution in [3.63, 3.8) is 0 Å². The van der Waals surface area contributed by atoms with Crippen molar-refractivity contribution in [2.45, 2.75) is 26.2 Å². The Hall–Kier alpha value is -1.14. The molecule has 0 aromatic carbocycles. The quantitative estimate of drug-likeness (QED) is 0.579. The first-order valence-electron chi connectivity index (χ1n) is 6.54. The number of amides is 2. The summed E-state index contributed by atoms with van der Waals surface area (Å²) < 4.78 is 0. The lowest BCUT2D eigenvalue weighted by molar-refractivity contribution is -0.128. The van der Waals surface area contributed by atoms with Gasteiger partial charge in [-0.25, -0.2) is 0 Å². The third kappa shape index (κ3) is 5.97. The summed E-state index contributed by atoms with van der Waals surface area (Å²) in [5, 5.41) is 3.17. The number of nitrogens with one attached hydrogen (secondary N) is 3. The molecular weight excluding hydrogens is 232 g/mol. The smallest absolute Gasteiger partial charge is 0.252 e. The summed E-state index contributed by atoms with van der Waals surface area (Å²) >= 11 is 0. The van der Waals surface area contributed by atoms with Crippen LogP contribution in [0.2, 0.25) is 0 Å². The van der Waals surface area contributed by atoms with Crippen molar-refractivity contribution in [2.24, 2.45) is 5.92 Å². The molecule has 1 fully saturated rings. The molecule has 0 spiro atoms. The molecule has 1 aliphatic rings. The maximum Gasteiger partial charge on any atom is 0.252 e. The molecule has 0 saturated carbocycles. The summed E-state index contributed by atoms with van der Waals surface area (Å²) in [6.45, 7) is 4.71. The summed E-state index contributed by atoms with van der Waals surface area (Å²) in [5.74, 6) is 0.361. The molecular formula is C12H24N4O2. The Morgan fingerprint density at radius 2 is 1.89 bits per heavy atom. The standard InChI is InChI=1S/C12H24N4O2/c1-10(17)14-15-12(18)9-16-7-4-11(5-8-16)3-6-13-2/h11,13H,3-9H2,1-2H3,(H,14,17)(H,15,18). The molecule has 18 heavy (non-hydrogen) atoms. The molecule has 0 aromatic heterocycles. The largest absolute Gasteiger partial charge is 0.320 e. The van der Waals surface area contributed by atoms with E-state index in [1.165, 1.54) is 13.3 Å². The van der Waals surface area contributed by atoms with E-state index < -0.39 is 0 Å². The first-order valence-corrected chi connectivity index (χ1v) is 6.54. The second kappa shape index (κ2) is 8.05. The Labute approximate surface area is 108 Å². The highest BCUT2D eigenvalue weighted by atomic mass is 16.2. The Bertz CT molecular complexity index is 275. The van der Waals surface area contributed by atoms with Crippen molar-refractivity contribution >= 4 is 11.8 Å². The number of carbonyl (C=O) groups is 2. The molecule has 1 rings (SSSR count). The van der Waals surface area contributed by atoms with Gasteiger partial charge in [0.05, 0.1) is 6.54 Å². The van der Waals surface area contributed by atoms with E-state index in [-0.39, 0.29) is 11.8 Å². The zero-order chi connectivity index (χ0) is 13.4. The highest BCUT2D eigenvalue weighted by molar-refractivity contribution is 5.81. The average molecular weight is 256 g/mol. The van der Waals surface area contributed by atoms with Crippen molar-refractivity contribution in [1.82, 2.24) is 21.1 Å². The molecule has 0 radical (unpaired) electrons. The van der Waals surface area contributed by atoms with E-state index in [1.807, 2.05) is 7.05 Å². The number of hydrazine groups is 1. The molecule has 0 bridgehead atoms. The second-order valence-electron chi connectivity index (χ2n) is 4.84. The first-order chi connectivity index (χ1) is 8.61. The Morgan fingerprint density at radius 3 is 2.44 bits per heavy atom. The number of hydrogen-bond acceptors (Lipinski definition) is 4. The summed E-state index contributed by atoms with van der Waals surface area (Å²) in [5.41, 5.74) is 4.68. The molecule has 1 saturated heterocycles. The van der Waals surface area contributed by atoms with Gasteiger partial charge in [0, 0.05) is 6.92 Å². The summed E-state index contributed by atoms with van der Waals surface area (Å²) in [6, 6.07) is 0. The van der Waals surface area contributed by atoms with Crippen molar-refractivity contribution in [3.05, 3.63) is 0 Å². The first kappa shape index (κ1) is 14.9. The van der Waals surface area contributed by atoms with Crippen LogP contribution in [0.15, 0.2) is 0 Å². The molecule has 0 aliphatic carbocycles. The number of rotatable bonds is 5. The predicted molar refractivity (Wildman–Crippen MR) is 69.7 cm³/mol. The van der Waals surface area contributed by atoms with Gasteiger partial charge in [0.1, 0.15) is 0 Å². The van der Waals surface area contributed by atoms with Crippen molar-refractivity contribution in [2.75, 3.05) is 33.2 Å². The van der Waals surface area contributed by atoms with Gasteiger partial charge < -0.3 is 5.32 Å². The molecule has 0 unspecified atom stereocenters. The molecule has 6 nitrogen and oxygen atoms in total. The van der Waals surface area contributed by atoms with Crippen LogP contribution in [0.5, 0.6) is 0 Å². The number of nitrogens with zero attached hydrogens (tertiary/aromatic N) is 1. The van der Waals surface area contributed by atoms with E-state index in [1.54, 1.807) is 0 Å². The third-order valence-corrected chi connectivity index (χ3v) is 3.25. The molecule has 2 amide bonds. The molecule has 1 heterocycles. The SMILES string of the molecule is CNCCC1CCN(CC(=O)NNC(C)=O)CC1. The molecule has 0 aromatic rings. The molecule has 6 heteroatoms. The molecule has 104 valence electrons. The van der Waals surface area contributed by atoms with Crippen LogP contribution in [0.1, 0.15) is 26.2 Å². The zero-order valence-corrected chi connectivity index (χ0v) is 11.3. The lowest BCUT2D eigenvalue weighted by Crippen LogP contribution is -2.47. The second-order valence-corrected chi connectivity index (χ2v) is 4.84. The maximum atomic E-state index is 11.5. The van der Waals surface area contributed by atoms with Gasteiger partial charge in [-0.3, -0.25) is 25.3 Å². The molecule has 3 N–H and O–H groups in total. The van der Waals surface area contributed by atoms with E-state index in [0.29, 0.717) is 6.54 Å². The van der Waals surface area contributed by atoms with E-state index >= 15 is 0 Å². The van der Waals surface area contributed by atoms with Crippen LogP contribution in [0, 0.1) is 5.92 Å². The van der Waals surface area contributed by atoms with Crippen molar-refractivity contribution in [1.29, 1.82) is 0 Å². The minimum Gasteiger partial charge on any atom is -0.320 e. The monoisotopic (exact) mass is 256 g/mol. The minimum absolute atomic E-state index is 0.154. The van der Waals surface area contributed by atoms with E-state index in [0.717, 1.165) is 38.4 Å². The number of hydrogen-bond donors (Lipinski definition) is 3. The van der Waals surface area contributed by atoms with Crippen LogP contribution in [-0.4, -0.2) is 49.9 Å². The van der Waals surface area contributed by atoms with Crippen LogP contribution >= 0.6 is 0 Å². The van der Waals surface area contributed by atoms with Crippen LogP contribution in [0.3, 0.4) is 0 Å². The zero-order valence-electron chi connectivity index (χ0n) is 11.3. The highest BCUT2D eigenvalue weighted by Gasteiger charge is 2.20. The van der Waals surface area contributed by atoms with Gasteiger partial charge in [-0.2, -0.15) is 0 Å². The number of carbonyl (C=O) groups excluding carboxylic acids is 2. The van der Waals surface area contributed by atoms with Gasteiger partial charge in [-0.15, -0.1) is 0 Å². The van der Waals surface area contributed by atoms with Crippen molar-refractivity contribution < 1.29 is 9.59 Å². The summed E-state index contributed by atoms with van der Waals surface area (Å²) in [7, 11) is 1.97. The fourth-order valence-electron chi connectivity index (χ4n) is 2.18. The lowest BCUT2D eigenvalue weighted by atomic mass is 9.93. The highest BCUT2D eigenvalue weighted by Crippen LogP contribution is 2.19. The maximum absolute atomic E-state index is 11.5. The average Bonchev–Trinajstić information content (AvgIpc) is 2.35. The Balaban J connectivity index is 2.14. The fourth-order valence-corrected chi connectivity index (χ4v) is 2.18. The van der Waals surface area contributed by atoms with E-state index in [2.05, 4.69) is 21.1 Å². The minimum atomic E-state index is -0.255. The summed E-state index contributed by atoms with van der Waals surface area (Å²) in [4.78, 5) is 24.3. The van der Waals surface area contributed by atoms with Gasteiger partial charge in [-0.05, 0) is 51.9 Å². The predicted octanol–water partition coefficient (Wildman–Crippen LogP) is -0.525. The molecule has 1 aliphatic heterocycles. The topological polar surface area (TPSA) is 73.5 Å². The van der Waals surface area contributed by atoms with Gasteiger partial charge in [0.15, 0.2) is 0 Å².